The Kier molecular flexibility index (Phi) is 3.81. The minimum Gasteiger partial charge on any atom is -0.496 e. The molecule has 0 radical (unpaired) electrons. The van der Waals surface area contributed by atoms with Crippen molar-refractivity contribution in [1.82, 2.24) is 0 Å². The lowest BCUT2D eigenvalue weighted by Gasteiger charge is -2.35. The molecule has 1 aliphatic rings. The van der Waals surface area contributed by atoms with Crippen molar-refractivity contribution in [3.05, 3.63) is 23.3 Å². The van der Waals surface area contributed by atoms with Crippen LogP contribution >= 0.6 is 0 Å². The van der Waals surface area contributed by atoms with E-state index in [1.54, 1.807) is 14.2 Å². The maximum absolute atomic E-state index is 6.60. The first-order valence-corrected chi connectivity index (χ1v) is 6.63. The number of methoxy groups -OCH3 is 2. The molecule has 0 heterocycles. The summed E-state index contributed by atoms with van der Waals surface area (Å²) in [6.45, 7) is 2.02. The molecular formula is C15H23NO2. The van der Waals surface area contributed by atoms with E-state index in [4.69, 9.17) is 15.2 Å². The monoisotopic (exact) mass is 249 g/mol. The van der Waals surface area contributed by atoms with Crippen molar-refractivity contribution in [1.29, 1.82) is 0 Å². The Morgan fingerprint density at radius 1 is 1.06 bits per heavy atom. The van der Waals surface area contributed by atoms with Gasteiger partial charge >= 0.3 is 0 Å². The molecule has 0 amide bonds. The second kappa shape index (κ2) is 5.19. The summed E-state index contributed by atoms with van der Waals surface area (Å²) in [5, 5.41) is 0. The van der Waals surface area contributed by atoms with Crippen LogP contribution < -0.4 is 15.2 Å². The van der Waals surface area contributed by atoms with E-state index in [9.17, 15) is 0 Å². The fourth-order valence-corrected chi connectivity index (χ4v) is 3.00. The molecule has 0 aliphatic heterocycles. The maximum atomic E-state index is 6.60. The van der Waals surface area contributed by atoms with Crippen LogP contribution in [-0.4, -0.2) is 14.2 Å². The van der Waals surface area contributed by atoms with Gasteiger partial charge in [-0.15, -0.1) is 0 Å². The molecule has 1 aromatic rings. The number of nitrogens with two attached hydrogens (primary N) is 1. The Balaban J connectivity index is 2.46. The Bertz CT molecular complexity index is 423. The average Bonchev–Trinajstić information content (AvgIpc) is 2.39. The fourth-order valence-electron chi connectivity index (χ4n) is 3.00. The molecule has 3 heteroatoms. The lowest BCUT2D eigenvalue weighted by molar-refractivity contribution is 0.287. The molecule has 2 rings (SSSR count). The van der Waals surface area contributed by atoms with Crippen molar-refractivity contribution in [2.75, 3.05) is 14.2 Å². The minimum absolute atomic E-state index is 0.235. The third-order valence-corrected chi connectivity index (χ3v) is 4.06. The lowest BCUT2D eigenvalue weighted by atomic mass is 9.76. The molecule has 1 saturated carbocycles. The zero-order valence-corrected chi connectivity index (χ0v) is 11.6. The van der Waals surface area contributed by atoms with E-state index < -0.39 is 0 Å². The predicted octanol–water partition coefficient (Wildman–Crippen LogP) is 3.13. The summed E-state index contributed by atoms with van der Waals surface area (Å²) >= 11 is 0. The molecule has 3 nitrogen and oxygen atoms in total. The van der Waals surface area contributed by atoms with Gasteiger partial charge in [0.05, 0.1) is 14.2 Å². The summed E-state index contributed by atoms with van der Waals surface area (Å²) in [7, 11) is 3.39. The van der Waals surface area contributed by atoms with E-state index >= 15 is 0 Å². The molecule has 0 unspecified atom stereocenters. The Morgan fingerprint density at radius 3 is 2.28 bits per heavy atom. The number of hydrogen-bond acceptors (Lipinski definition) is 3. The summed E-state index contributed by atoms with van der Waals surface area (Å²) in [6.07, 6.45) is 5.76. The summed E-state index contributed by atoms with van der Waals surface area (Å²) in [6, 6.07) is 4.06. The van der Waals surface area contributed by atoms with E-state index in [1.807, 2.05) is 13.0 Å². The highest BCUT2D eigenvalue weighted by atomic mass is 16.5. The number of benzene rings is 1. The first-order valence-electron chi connectivity index (χ1n) is 6.63. The molecule has 0 aromatic heterocycles. The second-order valence-electron chi connectivity index (χ2n) is 5.19. The third-order valence-electron chi connectivity index (χ3n) is 4.06. The molecule has 0 saturated heterocycles. The van der Waals surface area contributed by atoms with Crippen LogP contribution in [0.1, 0.15) is 43.2 Å². The molecule has 2 N–H and O–H groups in total. The summed E-state index contributed by atoms with van der Waals surface area (Å²) in [5.74, 6) is 1.74. The van der Waals surface area contributed by atoms with Crippen molar-refractivity contribution in [2.45, 2.75) is 44.6 Å². The highest BCUT2D eigenvalue weighted by Gasteiger charge is 2.33. The second-order valence-corrected chi connectivity index (χ2v) is 5.19. The van der Waals surface area contributed by atoms with Crippen LogP contribution in [0.25, 0.3) is 0 Å². The Labute approximate surface area is 109 Å². The van der Waals surface area contributed by atoms with Gasteiger partial charge in [0, 0.05) is 16.7 Å². The quantitative estimate of drug-likeness (QED) is 0.895. The molecule has 1 fully saturated rings. The summed E-state index contributed by atoms with van der Waals surface area (Å²) in [5.41, 5.74) is 8.52. The van der Waals surface area contributed by atoms with Crippen molar-refractivity contribution >= 4 is 0 Å². The van der Waals surface area contributed by atoms with Gasteiger partial charge in [-0.05, 0) is 31.9 Å². The zero-order valence-electron chi connectivity index (χ0n) is 11.6. The molecule has 0 bridgehead atoms. The highest BCUT2D eigenvalue weighted by molar-refractivity contribution is 5.52. The third kappa shape index (κ3) is 2.19. The van der Waals surface area contributed by atoms with E-state index in [2.05, 4.69) is 6.07 Å². The van der Waals surface area contributed by atoms with Crippen molar-refractivity contribution in [3.63, 3.8) is 0 Å². The van der Waals surface area contributed by atoms with Crippen LogP contribution in [0.2, 0.25) is 0 Å². The van der Waals surface area contributed by atoms with Crippen LogP contribution in [0.15, 0.2) is 12.1 Å². The molecule has 1 aromatic carbocycles. The molecule has 100 valence electrons. The van der Waals surface area contributed by atoms with Crippen LogP contribution in [0, 0.1) is 6.92 Å². The smallest absolute Gasteiger partial charge is 0.130 e. The average molecular weight is 249 g/mol. The summed E-state index contributed by atoms with van der Waals surface area (Å²) in [4.78, 5) is 0. The first-order chi connectivity index (χ1) is 8.62. The van der Waals surface area contributed by atoms with Gasteiger partial charge < -0.3 is 15.2 Å². The van der Waals surface area contributed by atoms with Crippen molar-refractivity contribution in [2.24, 2.45) is 5.73 Å². The Morgan fingerprint density at radius 2 is 1.72 bits per heavy atom. The fraction of sp³-hybridized carbons (Fsp3) is 0.600. The van der Waals surface area contributed by atoms with Crippen molar-refractivity contribution in [3.8, 4) is 11.5 Å². The number of hydrogen-bond donors (Lipinski definition) is 1. The maximum Gasteiger partial charge on any atom is 0.130 e. The lowest BCUT2D eigenvalue weighted by Crippen LogP contribution is -2.39. The molecule has 18 heavy (non-hydrogen) atoms. The van der Waals surface area contributed by atoms with Gasteiger partial charge in [-0.3, -0.25) is 0 Å². The molecule has 0 atom stereocenters. The van der Waals surface area contributed by atoms with E-state index in [-0.39, 0.29) is 5.54 Å². The topological polar surface area (TPSA) is 44.5 Å². The van der Waals surface area contributed by atoms with Gasteiger partial charge in [-0.2, -0.15) is 0 Å². The first kappa shape index (κ1) is 13.2. The summed E-state index contributed by atoms with van der Waals surface area (Å²) < 4.78 is 10.9. The zero-order chi connectivity index (χ0) is 13.2. The van der Waals surface area contributed by atoms with E-state index in [0.29, 0.717) is 0 Å². The predicted molar refractivity (Wildman–Crippen MR) is 73.2 cm³/mol. The van der Waals surface area contributed by atoms with Gasteiger partial charge in [0.25, 0.3) is 0 Å². The van der Waals surface area contributed by atoms with E-state index in [1.165, 1.54) is 19.3 Å². The molecule has 1 aliphatic carbocycles. The SMILES string of the molecule is COc1ccc(C2(N)CCCCC2)c(OC)c1C. The van der Waals surface area contributed by atoms with Crippen LogP contribution in [0.4, 0.5) is 0 Å². The normalized spacial score (nSPS) is 18.4. The number of ether oxygens (including phenoxy) is 2. The highest BCUT2D eigenvalue weighted by Crippen LogP contribution is 2.42. The largest absolute Gasteiger partial charge is 0.496 e. The van der Waals surface area contributed by atoms with E-state index in [0.717, 1.165) is 35.5 Å². The van der Waals surface area contributed by atoms with Crippen molar-refractivity contribution < 1.29 is 9.47 Å². The van der Waals surface area contributed by atoms with Gasteiger partial charge in [0.1, 0.15) is 11.5 Å². The van der Waals surface area contributed by atoms with Gasteiger partial charge in [-0.25, -0.2) is 0 Å². The van der Waals surface area contributed by atoms with Gasteiger partial charge in [0.15, 0.2) is 0 Å². The number of rotatable bonds is 3. The Hall–Kier alpha value is -1.22. The van der Waals surface area contributed by atoms with Gasteiger partial charge in [0.2, 0.25) is 0 Å². The van der Waals surface area contributed by atoms with Crippen LogP contribution in [0.3, 0.4) is 0 Å². The molecule has 0 spiro atoms. The van der Waals surface area contributed by atoms with Crippen LogP contribution in [-0.2, 0) is 5.54 Å². The van der Waals surface area contributed by atoms with Crippen LogP contribution in [0.5, 0.6) is 11.5 Å². The molecular weight excluding hydrogens is 226 g/mol. The standard InChI is InChI=1S/C15H23NO2/c1-11-13(17-2)8-7-12(14(11)18-3)15(16)9-5-4-6-10-15/h7-8H,4-6,9-10,16H2,1-3H3. The van der Waals surface area contributed by atoms with Gasteiger partial charge in [-0.1, -0.05) is 19.3 Å². The minimum atomic E-state index is -0.235.